The molecule has 0 bridgehead atoms. The summed E-state index contributed by atoms with van der Waals surface area (Å²) in [5.41, 5.74) is 1.41. The van der Waals surface area contributed by atoms with Crippen molar-refractivity contribution in [3.63, 3.8) is 0 Å². The maximum atomic E-state index is 12.3. The van der Waals surface area contributed by atoms with E-state index in [1.807, 2.05) is 18.4 Å². The predicted molar refractivity (Wildman–Crippen MR) is 113 cm³/mol. The molecule has 1 atom stereocenters. The second-order valence-electron chi connectivity index (χ2n) is 6.04. The Labute approximate surface area is 180 Å². The van der Waals surface area contributed by atoms with E-state index in [1.165, 1.54) is 18.3 Å². The van der Waals surface area contributed by atoms with Crippen LogP contribution in [0, 0.1) is 6.92 Å². The van der Waals surface area contributed by atoms with Gasteiger partial charge in [-0.05, 0) is 58.9 Å². The molecule has 1 aromatic carbocycles. The number of rotatable bonds is 8. The number of amides is 1. The van der Waals surface area contributed by atoms with Crippen molar-refractivity contribution in [3.05, 3.63) is 63.5 Å². The fraction of sp³-hybridized carbons (Fsp3) is 0.250. The first-order valence-electron chi connectivity index (χ1n) is 8.54. The molecule has 2 aromatic rings. The zero-order chi connectivity index (χ0) is 21.4. The van der Waals surface area contributed by atoms with Gasteiger partial charge in [-0.3, -0.25) is 5.32 Å². The molecule has 1 amide bonds. The van der Waals surface area contributed by atoms with E-state index in [0.717, 1.165) is 5.56 Å². The molecule has 1 heterocycles. The largest absolute Gasteiger partial charge is 0.458 e. The van der Waals surface area contributed by atoms with Gasteiger partial charge in [-0.1, -0.05) is 18.7 Å². The zero-order valence-electron chi connectivity index (χ0n) is 15.9. The summed E-state index contributed by atoms with van der Waals surface area (Å²) < 4.78 is 16.1. The van der Waals surface area contributed by atoms with Crippen LogP contribution in [-0.4, -0.2) is 37.3 Å². The molecule has 0 saturated carbocycles. The Morgan fingerprint density at radius 3 is 2.48 bits per heavy atom. The molecular formula is C20H20BrNO6S. The van der Waals surface area contributed by atoms with E-state index in [-0.39, 0.29) is 18.8 Å². The Morgan fingerprint density at radius 2 is 1.86 bits per heavy atom. The SMILES string of the molecule is C=C(C)C(=O)OCC(COC(=O)c1ccccc1Br)OC(=O)Nc1sccc1C. The number of anilines is 1. The zero-order valence-corrected chi connectivity index (χ0v) is 18.3. The molecule has 0 aliphatic rings. The Kier molecular flexibility index (Phi) is 8.41. The summed E-state index contributed by atoms with van der Waals surface area (Å²) >= 11 is 4.62. The number of benzene rings is 1. The first kappa shape index (κ1) is 22.6. The molecule has 29 heavy (non-hydrogen) atoms. The van der Waals surface area contributed by atoms with Crippen molar-refractivity contribution in [1.82, 2.24) is 0 Å². The van der Waals surface area contributed by atoms with Gasteiger partial charge in [0.2, 0.25) is 0 Å². The summed E-state index contributed by atoms with van der Waals surface area (Å²) in [5.74, 6) is -1.24. The standard InChI is InChI=1S/C20H20BrNO6S/c1-12(2)18(23)26-10-14(28-20(25)22-17-13(3)8-9-29-17)11-27-19(24)15-6-4-5-7-16(15)21/h4-9,14H,1,10-11H2,2-3H3,(H,22,25). The van der Waals surface area contributed by atoms with Crippen LogP contribution in [0.3, 0.4) is 0 Å². The molecule has 1 unspecified atom stereocenters. The first-order valence-corrected chi connectivity index (χ1v) is 10.2. The molecule has 0 radical (unpaired) electrons. The average molecular weight is 482 g/mol. The number of esters is 2. The van der Waals surface area contributed by atoms with Gasteiger partial charge in [0.1, 0.15) is 18.2 Å². The van der Waals surface area contributed by atoms with E-state index >= 15 is 0 Å². The third-order valence-electron chi connectivity index (χ3n) is 3.59. The Hall–Kier alpha value is -2.65. The van der Waals surface area contributed by atoms with Crippen LogP contribution >= 0.6 is 27.3 Å². The van der Waals surface area contributed by atoms with Crippen LogP contribution in [0.2, 0.25) is 0 Å². The normalized spacial score (nSPS) is 11.3. The van der Waals surface area contributed by atoms with E-state index < -0.39 is 24.1 Å². The molecule has 1 N–H and O–H groups in total. The van der Waals surface area contributed by atoms with Crippen LogP contribution in [0.5, 0.6) is 0 Å². The number of carbonyl (C=O) groups is 3. The number of nitrogens with one attached hydrogen (secondary N) is 1. The third kappa shape index (κ3) is 7.03. The van der Waals surface area contributed by atoms with Gasteiger partial charge in [-0.15, -0.1) is 11.3 Å². The molecule has 0 aliphatic heterocycles. The molecule has 0 saturated heterocycles. The van der Waals surface area contributed by atoms with Gasteiger partial charge in [0, 0.05) is 10.0 Å². The predicted octanol–water partition coefficient (Wildman–Crippen LogP) is 4.71. The molecule has 0 fully saturated rings. The van der Waals surface area contributed by atoms with E-state index in [9.17, 15) is 14.4 Å². The average Bonchev–Trinajstić information content (AvgIpc) is 3.08. The summed E-state index contributed by atoms with van der Waals surface area (Å²) in [6, 6.07) is 8.61. The van der Waals surface area contributed by atoms with Gasteiger partial charge in [0.05, 0.1) is 5.56 Å². The summed E-state index contributed by atoms with van der Waals surface area (Å²) in [5, 5.41) is 5.08. The van der Waals surface area contributed by atoms with E-state index in [0.29, 0.717) is 15.0 Å². The smallest absolute Gasteiger partial charge is 0.412 e. The van der Waals surface area contributed by atoms with Gasteiger partial charge in [-0.2, -0.15) is 0 Å². The van der Waals surface area contributed by atoms with Crippen LogP contribution in [0.4, 0.5) is 9.80 Å². The molecule has 154 valence electrons. The van der Waals surface area contributed by atoms with E-state index in [2.05, 4.69) is 27.8 Å². The maximum Gasteiger partial charge on any atom is 0.412 e. The molecule has 1 aromatic heterocycles. The number of hydrogen-bond donors (Lipinski definition) is 1. The number of aryl methyl sites for hydroxylation is 1. The minimum Gasteiger partial charge on any atom is -0.458 e. The fourth-order valence-corrected chi connectivity index (χ4v) is 3.31. The Balaban J connectivity index is 1.99. The Morgan fingerprint density at radius 1 is 1.17 bits per heavy atom. The van der Waals surface area contributed by atoms with Crippen molar-refractivity contribution in [2.24, 2.45) is 0 Å². The van der Waals surface area contributed by atoms with Crippen molar-refractivity contribution in [3.8, 4) is 0 Å². The van der Waals surface area contributed by atoms with Crippen molar-refractivity contribution in [1.29, 1.82) is 0 Å². The molecule has 0 spiro atoms. The minimum atomic E-state index is -0.995. The topological polar surface area (TPSA) is 90.9 Å². The maximum absolute atomic E-state index is 12.3. The highest BCUT2D eigenvalue weighted by atomic mass is 79.9. The van der Waals surface area contributed by atoms with Crippen molar-refractivity contribution in [2.45, 2.75) is 20.0 Å². The van der Waals surface area contributed by atoms with Gasteiger partial charge >= 0.3 is 18.0 Å². The molecule has 0 aliphatic carbocycles. The summed E-state index contributed by atoms with van der Waals surface area (Å²) in [6.45, 7) is 6.26. The second-order valence-corrected chi connectivity index (χ2v) is 7.81. The van der Waals surface area contributed by atoms with Gasteiger partial charge < -0.3 is 14.2 Å². The highest BCUT2D eigenvalue weighted by Crippen LogP contribution is 2.22. The number of hydrogen-bond acceptors (Lipinski definition) is 7. The quantitative estimate of drug-likeness (QED) is 0.333. The highest BCUT2D eigenvalue weighted by molar-refractivity contribution is 9.10. The fourth-order valence-electron chi connectivity index (χ4n) is 2.06. The third-order valence-corrected chi connectivity index (χ3v) is 5.22. The van der Waals surface area contributed by atoms with Crippen molar-refractivity contribution < 1.29 is 28.6 Å². The van der Waals surface area contributed by atoms with Crippen molar-refractivity contribution >= 4 is 50.3 Å². The van der Waals surface area contributed by atoms with Gasteiger partial charge in [0.25, 0.3) is 0 Å². The lowest BCUT2D eigenvalue weighted by Crippen LogP contribution is -2.32. The van der Waals surface area contributed by atoms with Crippen LogP contribution < -0.4 is 5.32 Å². The molecule has 9 heteroatoms. The minimum absolute atomic E-state index is 0.202. The summed E-state index contributed by atoms with van der Waals surface area (Å²) in [6.07, 6.45) is -1.74. The molecular weight excluding hydrogens is 462 g/mol. The summed E-state index contributed by atoms with van der Waals surface area (Å²) in [4.78, 5) is 36.1. The lowest BCUT2D eigenvalue weighted by molar-refractivity contribution is -0.142. The highest BCUT2D eigenvalue weighted by Gasteiger charge is 2.21. The number of thiophene rings is 1. The van der Waals surface area contributed by atoms with Crippen LogP contribution in [0.25, 0.3) is 0 Å². The Bertz CT molecular complexity index is 910. The number of carbonyl (C=O) groups excluding carboxylic acids is 3. The van der Waals surface area contributed by atoms with E-state index in [1.54, 1.807) is 24.3 Å². The number of ether oxygens (including phenoxy) is 3. The lowest BCUT2D eigenvalue weighted by Gasteiger charge is -2.18. The molecule has 7 nitrogen and oxygen atoms in total. The van der Waals surface area contributed by atoms with Crippen LogP contribution in [-0.2, 0) is 19.0 Å². The van der Waals surface area contributed by atoms with E-state index in [4.69, 9.17) is 14.2 Å². The van der Waals surface area contributed by atoms with Crippen LogP contribution in [0.1, 0.15) is 22.8 Å². The number of halogens is 1. The first-order chi connectivity index (χ1) is 13.8. The molecule has 2 rings (SSSR count). The van der Waals surface area contributed by atoms with Crippen molar-refractivity contribution in [2.75, 3.05) is 18.5 Å². The van der Waals surface area contributed by atoms with Crippen LogP contribution in [0.15, 0.2) is 52.3 Å². The lowest BCUT2D eigenvalue weighted by atomic mass is 10.2. The van der Waals surface area contributed by atoms with Gasteiger partial charge in [-0.25, -0.2) is 14.4 Å². The van der Waals surface area contributed by atoms with Gasteiger partial charge in [0.15, 0.2) is 6.10 Å². The summed E-state index contributed by atoms with van der Waals surface area (Å²) in [7, 11) is 0. The monoisotopic (exact) mass is 481 g/mol. The second kappa shape index (κ2) is 10.8.